The molecule has 0 saturated carbocycles. The Bertz CT molecular complexity index is 609. The molecule has 0 atom stereocenters. The highest BCUT2D eigenvalue weighted by Gasteiger charge is 2.04. The van der Waals surface area contributed by atoms with E-state index in [1.165, 1.54) is 0 Å². The second-order valence-electron chi connectivity index (χ2n) is 4.03. The first kappa shape index (κ1) is 13.2. The lowest BCUT2D eigenvalue weighted by Crippen LogP contribution is -2.22. The van der Waals surface area contributed by atoms with Crippen LogP contribution in [0.4, 0.5) is 0 Å². The SMILES string of the molecule is C#Cc1ccc(C(=O)NCc2ccc(Cl)cc2)cc1. The van der Waals surface area contributed by atoms with E-state index >= 15 is 0 Å². The third-order valence-corrected chi connectivity index (χ3v) is 2.93. The molecule has 1 amide bonds. The van der Waals surface area contributed by atoms with Crippen molar-refractivity contribution < 1.29 is 4.79 Å². The smallest absolute Gasteiger partial charge is 0.251 e. The van der Waals surface area contributed by atoms with Crippen LogP contribution < -0.4 is 5.32 Å². The predicted octanol–water partition coefficient (Wildman–Crippen LogP) is 3.25. The van der Waals surface area contributed by atoms with E-state index in [0.29, 0.717) is 17.1 Å². The molecule has 3 heteroatoms. The van der Waals surface area contributed by atoms with Gasteiger partial charge in [0.25, 0.3) is 5.91 Å². The molecule has 0 spiro atoms. The van der Waals surface area contributed by atoms with Crippen molar-refractivity contribution in [2.24, 2.45) is 0 Å². The van der Waals surface area contributed by atoms with Crippen LogP contribution in [0.3, 0.4) is 0 Å². The lowest BCUT2D eigenvalue weighted by molar-refractivity contribution is 0.0951. The molecule has 2 aromatic rings. The summed E-state index contributed by atoms with van der Waals surface area (Å²) >= 11 is 5.80. The van der Waals surface area contributed by atoms with Crippen LogP contribution in [0.2, 0.25) is 5.02 Å². The molecule has 0 heterocycles. The van der Waals surface area contributed by atoms with Crippen LogP contribution in [0.25, 0.3) is 0 Å². The van der Waals surface area contributed by atoms with Crippen molar-refractivity contribution in [3.05, 3.63) is 70.2 Å². The van der Waals surface area contributed by atoms with Gasteiger partial charge in [0.1, 0.15) is 0 Å². The molecule has 2 nitrogen and oxygen atoms in total. The van der Waals surface area contributed by atoms with E-state index < -0.39 is 0 Å². The largest absolute Gasteiger partial charge is 0.348 e. The normalized spacial score (nSPS) is 9.68. The quantitative estimate of drug-likeness (QED) is 0.852. The maximum Gasteiger partial charge on any atom is 0.251 e. The van der Waals surface area contributed by atoms with Crippen molar-refractivity contribution in [3.63, 3.8) is 0 Å². The summed E-state index contributed by atoms with van der Waals surface area (Å²) in [6, 6.07) is 14.3. The summed E-state index contributed by atoms with van der Waals surface area (Å²) in [6.07, 6.45) is 5.26. The average Bonchev–Trinajstić information content (AvgIpc) is 2.46. The van der Waals surface area contributed by atoms with Crippen LogP contribution >= 0.6 is 11.6 Å². The zero-order valence-corrected chi connectivity index (χ0v) is 10.9. The van der Waals surface area contributed by atoms with Gasteiger partial charge in [-0.05, 0) is 42.0 Å². The maximum absolute atomic E-state index is 11.9. The number of benzene rings is 2. The highest BCUT2D eigenvalue weighted by molar-refractivity contribution is 6.30. The fraction of sp³-hybridized carbons (Fsp3) is 0.0625. The van der Waals surface area contributed by atoms with Crippen LogP contribution in [0, 0.1) is 12.3 Å². The summed E-state index contributed by atoms with van der Waals surface area (Å²) in [5, 5.41) is 3.52. The number of carbonyl (C=O) groups excluding carboxylic acids is 1. The molecule has 19 heavy (non-hydrogen) atoms. The summed E-state index contributed by atoms with van der Waals surface area (Å²) < 4.78 is 0. The summed E-state index contributed by atoms with van der Waals surface area (Å²) in [4.78, 5) is 11.9. The van der Waals surface area contributed by atoms with Crippen LogP contribution in [-0.2, 0) is 6.54 Å². The van der Waals surface area contributed by atoms with Gasteiger partial charge >= 0.3 is 0 Å². The van der Waals surface area contributed by atoms with E-state index in [1.807, 2.05) is 12.1 Å². The Hall–Kier alpha value is -2.24. The van der Waals surface area contributed by atoms with Crippen LogP contribution in [0.1, 0.15) is 21.5 Å². The Morgan fingerprint density at radius 1 is 1.11 bits per heavy atom. The average molecular weight is 270 g/mol. The second-order valence-corrected chi connectivity index (χ2v) is 4.47. The predicted molar refractivity (Wildman–Crippen MR) is 77.0 cm³/mol. The lowest BCUT2D eigenvalue weighted by Gasteiger charge is -2.05. The molecule has 2 aromatic carbocycles. The highest BCUT2D eigenvalue weighted by Crippen LogP contribution is 2.09. The third-order valence-electron chi connectivity index (χ3n) is 2.68. The van der Waals surface area contributed by atoms with E-state index in [4.69, 9.17) is 18.0 Å². The molecule has 0 fully saturated rings. The molecule has 0 bridgehead atoms. The molecular weight excluding hydrogens is 258 g/mol. The fourth-order valence-electron chi connectivity index (χ4n) is 1.60. The van der Waals surface area contributed by atoms with Crippen molar-refractivity contribution in [3.8, 4) is 12.3 Å². The van der Waals surface area contributed by atoms with Gasteiger partial charge in [-0.25, -0.2) is 0 Å². The molecular formula is C16H12ClNO. The van der Waals surface area contributed by atoms with Crippen molar-refractivity contribution in [1.82, 2.24) is 5.32 Å². The number of rotatable bonds is 3. The first-order valence-corrected chi connectivity index (χ1v) is 6.16. The summed E-state index contributed by atoms with van der Waals surface area (Å²) in [6.45, 7) is 0.465. The van der Waals surface area contributed by atoms with Crippen LogP contribution in [0.5, 0.6) is 0 Å². The van der Waals surface area contributed by atoms with Gasteiger partial charge in [-0.2, -0.15) is 0 Å². The van der Waals surface area contributed by atoms with Crippen molar-refractivity contribution in [2.45, 2.75) is 6.54 Å². The summed E-state index contributed by atoms with van der Waals surface area (Å²) in [7, 11) is 0. The number of hydrogen-bond acceptors (Lipinski definition) is 1. The number of terminal acetylenes is 1. The second kappa shape index (κ2) is 6.08. The molecule has 94 valence electrons. The first-order valence-electron chi connectivity index (χ1n) is 5.78. The van der Waals surface area contributed by atoms with Crippen LogP contribution in [-0.4, -0.2) is 5.91 Å². The van der Waals surface area contributed by atoms with E-state index in [-0.39, 0.29) is 5.91 Å². The molecule has 1 N–H and O–H groups in total. The zero-order chi connectivity index (χ0) is 13.7. The number of hydrogen-bond donors (Lipinski definition) is 1. The minimum atomic E-state index is -0.126. The monoisotopic (exact) mass is 269 g/mol. The molecule has 0 saturated heterocycles. The molecule has 0 aliphatic carbocycles. The van der Waals surface area contributed by atoms with Gasteiger partial charge in [-0.15, -0.1) is 6.42 Å². The van der Waals surface area contributed by atoms with Crippen molar-refractivity contribution in [1.29, 1.82) is 0 Å². The molecule has 0 radical (unpaired) electrons. The van der Waals surface area contributed by atoms with Gasteiger partial charge < -0.3 is 5.32 Å². The lowest BCUT2D eigenvalue weighted by atomic mass is 10.1. The number of carbonyl (C=O) groups is 1. The number of halogens is 1. The molecule has 0 aromatic heterocycles. The minimum absolute atomic E-state index is 0.126. The Balaban J connectivity index is 1.97. The fourth-order valence-corrected chi connectivity index (χ4v) is 1.73. The first-order chi connectivity index (χ1) is 9.19. The van der Waals surface area contributed by atoms with Crippen molar-refractivity contribution in [2.75, 3.05) is 0 Å². The van der Waals surface area contributed by atoms with Gasteiger partial charge in [-0.1, -0.05) is 29.7 Å². The summed E-state index contributed by atoms with van der Waals surface area (Å²) in [5.74, 6) is 2.39. The molecule has 0 unspecified atom stereocenters. The van der Waals surface area contributed by atoms with Gasteiger partial charge in [0.05, 0.1) is 0 Å². The standard InChI is InChI=1S/C16H12ClNO/c1-2-12-3-7-14(8-4-12)16(19)18-11-13-5-9-15(17)10-6-13/h1,3-10H,11H2,(H,18,19). The van der Waals surface area contributed by atoms with Gasteiger partial charge in [0.2, 0.25) is 0 Å². The van der Waals surface area contributed by atoms with Gasteiger partial charge in [0, 0.05) is 22.7 Å². The topological polar surface area (TPSA) is 29.1 Å². The van der Waals surface area contributed by atoms with E-state index in [2.05, 4.69) is 11.2 Å². The molecule has 0 aliphatic rings. The Morgan fingerprint density at radius 2 is 1.74 bits per heavy atom. The number of amides is 1. The van der Waals surface area contributed by atoms with Gasteiger partial charge in [-0.3, -0.25) is 4.79 Å². The summed E-state index contributed by atoms with van der Waals surface area (Å²) in [5.41, 5.74) is 2.35. The highest BCUT2D eigenvalue weighted by atomic mass is 35.5. The maximum atomic E-state index is 11.9. The zero-order valence-electron chi connectivity index (χ0n) is 10.2. The number of nitrogens with one attached hydrogen (secondary N) is 1. The minimum Gasteiger partial charge on any atom is -0.348 e. The van der Waals surface area contributed by atoms with Crippen molar-refractivity contribution >= 4 is 17.5 Å². The molecule has 0 aliphatic heterocycles. The van der Waals surface area contributed by atoms with E-state index in [0.717, 1.165) is 11.1 Å². The van der Waals surface area contributed by atoms with E-state index in [1.54, 1.807) is 36.4 Å². The Morgan fingerprint density at radius 3 is 2.32 bits per heavy atom. The Kier molecular flexibility index (Phi) is 4.22. The molecule has 2 rings (SSSR count). The Labute approximate surface area is 117 Å². The van der Waals surface area contributed by atoms with Crippen LogP contribution in [0.15, 0.2) is 48.5 Å². The third kappa shape index (κ3) is 3.61. The van der Waals surface area contributed by atoms with E-state index in [9.17, 15) is 4.79 Å². The van der Waals surface area contributed by atoms with Gasteiger partial charge in [0.15, 0.2) is 0 Å².